The first kappa shape index (κ1) is 16.1. The third kappa shape index (κ3) is 3.97. The molecule has 0 bridgehead atoms. The fourth-order valence-electron chi connectivity index (χ4n) is 2.91. The molecule has 2 aromatic carbocycles. The van der Waals surface area contributed by atoms with Gasteiger partial charge in [0, 0.05) is 13.1 Å². The first-order valence-electron chi connectivity index (χ1n) is 8.57. The Hall–Kier alpha value is -2.44. The van der Waals surface area contributed by atoms with Gasteiger partial charge in [0.2, 0.25) is 13.6 Å². The van der Waals surface area contributed by atoms with Crippen LogP contribution in [0, 0.1) is 0 Å². The highest BCUT2D eigenvalue weighted by Gasteiger charge is 2.13. The maximum atomic E-state index is 5.39. The second kappa shape index (κ2) is 7.63. The number of fused-ring (bicyclic) bond motifs is 2. The fourth-order valence-corrected chi connectivity index (χ4v) is 2.91. The molecule has 2 heterocycles. The van der Waals surface area contributed by atoms with Gasteiger partial charge in [0.05, 0.1) is 0 Å². The van der Waals surface area contributed by atoms with Crippen molar-refractivity contribution in [2.24, 2.45) is 0 Å². The summed E-state index contributed by atoms with van der Waals surface area (Å²) in [4.78, 5) is 0. The molecule has 6 heteroatoms. The molecule has 2 N–H and O–H groups in total. The van der Waals surface area contributed by atoms with Gasteiger partial charge in [-0.15, -0.1) is 0 Å². The zero-order chi connectivity index (χ0) is 16.9. The Morgan fingerprint density at radius 2 is 1.12 bits per heavy atom. The van der Waals surface area contributed by atoms with Crippen molar-refractivity contribution in [3.05, 3.63) is 47.5 Å². The minimum Gasteiger partial charge on any atom is -0.454 e. The highest BCUT2D eigenvalue weighted by Crippen LogP contribution is 2.33. The van der Waals surface area contributed by atoms with Crippen molar-refractivity contribution in [3.8, 4) is 23.0 Å². The molecule has 0 aliphatic carbocycles. The van der Waals surface area contributed by atoms with E-state index in [0.717, 1.165) is 55.6 Å². The molecule has 2 aliphatic heterocycles. The second-order valence-corrected chi connectivity index (χ2v) is 6.08. The standard InChI is InChI=1S/C19H22N2O4/c1(6-20-10-14-2-4-16-18(8-14)24-12-22-16)7-21-11-15-3-5-17-19(9-15)25-13-23-17/h2-5,8-9,20-21H,1,6-7,10-13H2. The summed E-state index contributed by atoms with van der Waals surface area (Å²) in [5.41, 5.74) is 2.41. The predicted molar refractivity (Wildman–Crippen MR) is 93.2 cm³/mol. The zero-order valence-electron chi connectivity index (χ0n) is 14.0. The Morgan fingerprint density at radius 1 is 0.640 bits per heavy atom. The van der Waals surface area contributed by atoms with Crippen LogP contribution >= 0.6 is 0 Å². The molecule has 0 spiro atoms. The minimum atomic E-state index is 0.321. The number of benzene rings is 2. The van der Waals surface area contributed by atoms with Crippen molar-refractivity contribution in [1.82, 2.24) is 10.6 Å². The van der Waals surface area contributed by atoms with Crippen LogP contribution in [0.15, 0.2) is 36.4 Å². The van der Waals surface area contributed by atoms with Crippen molar-refractivity contribution >= 4 is 0 Å². The lowest BCUT2D eigenvalue weighted by Crippen LogP contribution is -2.21. The maximum Gasteiger partial charge on any atom is 0.231 e. The van der Waals surface area contributed by atoms with Crippen LogP contribution in [0.1, 0.15) is 17.5 Å². The van der Waals surface area contributed by atoms with Crippen LogP contribution in [-0.2, 0) is 13.1 Å². The molecule has 0 radical (unpaired) electrons. The summed E-state index contributed by atoms with van der Waals surface area (Å²) in [6.07, 6.45) is 1.06. The molecule has 132 valence electrons. The van der Waals surface area contributed by atoms with Gasteiger partial charge in [0.15, 0.2) is 23.0 Å². The predicted octanol–water partition coefficient (Wildman–Crippen LogP) is 2.41. The topological polar surface area (TPSA) is 61.0 Å². The van der Waals surface area contributed by atoms with Crippen LogP contribution in [0.4, 0.5) is 0 Å². The SMILES string of the molecule is c1cc2c(cc1CNCCCNCc1ccc3c(c1)OCO3)OCO2. The molecule has 2 aliphatic rings. The molecule has 25 heavy (non-hydrogen) atoms. The second-order valence-electron chi connectivity index (χ2n) is 6.08. The van der Waals surface area contributed by atoms with Crippen molar-refractivity contribution < 1.29 is 18.9 Å². The third-order valence-electron chi connectivity index (χ3n) is 4.24. The van der Waals surface area contributed by atoms with Gasteiger partial charge in [-0.2, -0.15) is 0 Å². The molecule has 6 nitrogen and oxygen atoms in total. The number of ether oxygens (including phenoxy) is 4. The van der Waals surface area contributed by atoms with Crippen molar-refractivity contribution in [2.45, 2.75) is 19.5 Å². The van der Waals surface area contributed by atoms with E-state index in [9.17, 15) is 0 Å². The normalized spacial score (nSPS) is 14.1. The summed E-state index contributed by atoms with van der Waals surface area (Å²) in [6.45, 7) is 4.23. The summed E-state index contributed by atoms with van der Waals surface area (Å²) in [6, 6.07) is 12.1. The van der Waals surface area contributed by atoms with Crippen LogP contribution in [0.2, 0.25) is 0 Å². The Morgan fingerprint density at radius 3 is 1.64 bits per heavy atom. The van der Waals surface area contributed by atoms with E-state index < -0.39 is 0 Å². The monoisotopic (exact) mass is 342 g/mol. The molecular weight excluding hydrogens is 320 g/mol. The fraction of sp³-hybridized carbons (Fsp3) is 0.368. The van der Waals surface area contributed by atoms with Crippen molar-refractivity contribution in [3.63, 3.8) is 0 Å². The van der Waals surface area contributed by atoms with Gasteiger partial charge < -0.3 is 29.6 Å². The zero-order valence-corrected chi connectivity index (χ0v) is 14.0. The summed E-state index contributed by atoms with van der Waals surface area (Å²) in [7, 11) is 0. The summed E-state index contributed by atoms with van der Waals surface area (Å²) in [5.74, 6) is 3.34. The molecule has 0 fully saturated rings. The van der Waals surface area contributed by atoms with Gasteiger partial charge in [-0.05, 0) is 54.9 Å². The van der Waals surface area contributed by atoms with Gasteiger partial charge in [0.25, 0.3) is 0 Å². The average Bonchev–Trinajstić information content (AvgIpc) is 3.29. The number of hydrogen-bond acceptors (Lipinski definition) is 6. The van der Waals surface area contributed by atoms with Crippen LogP contribution < -0.4 is 29.6 Å². The van der Waals surface area contributed by atoms with Gasteiger partial charge in [-0.25, -0.2) is 0 Å². The Kier molecular flexibility index (Phi) is 4.90. The van der Waals surface area contributed by atoms with E-state index in [2.05, 4.69) is 22.8 Å². The highest BCUT2D eigenvalue weighted by atomic mass is 16.7. The molecule has 0 amide bonds. The largest absolute Gasteiger partial charge is 0.454 e. The van der Waals surface area contributed by atoms with Gasteiger partial charge in [-0.1, -0.05) is 12.1 Å². The van der Waals surface area contributed by atoms with E-state index in [1.54, 1.807) is 0 Å². The van der Waals surface area contributed by atoms with E-state index in [-0.39, 0.29) is 0 Å². The first-order valence-corrected chi connectivity index (χ1v) is 8.57. The first-order chi connectivity index (χ1) is 12.4. The van der Waals surface area contributed by atoms with Gasteiger partial charge in [-0.3, -0.25) is 0 Å². The van der Waals surface area contributed by atoms with E-state index in [1.807, 2.05) is 24.3 Å². The molecule has 0 saturated carbocycles. The molecule has 2 aromatic rings. The minimum absolute atomic E-state index is 0.321. The maximum absolute atomic E-state index is 5.39. The molecule has 0 saturated heterocycles. The van der Waals surface area contributed by atoms with E-state index in [4.69, 9.17) is 18.9 Å². The van der Waals surface area contributed by atoms with Crippen LogP contribution in [0.5, 0.6) is 23.0 Å². The number of nitrogens with one attached hydrogen (secondary N) is 2. The van der Waals surface area contributed by atoms with E-state index in [0.29, 0.717) is 13.6 Å². The lowest BCUT2D eigenvalue weighted by molar-refractivity contribution is 0.173. The van der Waals surface area contributed by atoms with Crippen molar-refractivity contribution in [2.75, 3.05) is 26.7 Å². The Labute approximate surface area is 147 Å². The molecule has 0 atom stereocenters. The third-order valence-corrected chi connectivity index (χ3v) is 4.24. The van der Waals surface area contributed by atoms with Crippen LogP contribution in [-0.4, -0.2) is 26.7 Å². The number of hydrogen-bond donors (Lipinski definition) is 2. The highest BCUT2D eigenvalue weighted by molar-refractivity contribution is 5.45. The van der Waals surface area contributed by atoms with Crippen LogP contribution in [0.25, 0.3) is 0 Å². The summed E-state index contributed by atoms with van der Waals surface area (Å²) < 4.78 is 21.4. The van der Waals surface area contributed by atoms with Gasteiger partial charge in [0.1, 0.15) is 0 Å². The number of rotatable bonds is 8. The van der Waals surface area contributed by atoms with Gasteiger partial charge >= 0.3 is 0 Å². The molecule has 4 rings (SSSR count). The quantitative estimate of drug-likeness (QED) is 0.719. The Balaban J connectivity index is 1.11. The molecule has 0 unspecified atom stereocenters. The van der Waals surface area contributed by atoms with Crippen molar-refractivity contribution in [1.29, 1.82) is 0 Å². The average molecular weight is 342 g/mol. The molecular formula is C19H22N2O4. The lowest BCUT2D eigenvalue weighted by Gasteiger charge is -2.08. The summed E-state index contributed by atoms with van der Waals surface area (Å²) >= 11 is 0. The lowest BCUT2D eigenvalue weighted by atomic mass is 10.2. The molecule has 0 aromatic heterocycles. The van der Waals surface area contributed by atoms with E-state index in [1.165, 1.54) is 11.1 Å². The van der Waals surface area contributed by atoms with E-state index >= 15 is 0 Å². The summed E-state index contributed by atoms with van der Waals surface area (Å²) in [5, 5.41) is 6.91. The Bertz CT molecular complexity index is 674. The smallest absolute Gasteiger partial charge is 0.231 e. The van der Waals surface area contributed by atoms with Crippen LogP contribution in [0.3, 0.4) is 0 Å².